The van der Waals surface area contributed by atoms with E-state index in [1.165, 1.54) is 0 Å². The van der Waals surface area contributed by atoms with Crippen LogP contribution < -0.4 is 0 Å². The summed E-state index contributed by atoms with van der Waals surface area (Å²) >= 11 is 0. The summed E-state index contributed by atoms with van der Waals surface area (Å²) in [6.07, 6.45) is 0.169. The molecule has 0 rings (SSSR count). The number of allylic oxidation sites excluding steroid dienone is 2. The van der Waals surface area contributed by atoms with E-state index < -0.39 is 6.29 Å². The molecule has 0 aliphatic carbocycles. The van der Waals surface area contributed by atoms with Gasteiger partial charge in [-0.3, -0.25) is 9.59 Å². The third-order valence-electron chi connectivity index (χ3n) is 2.32. The van der Waals surface area contributed by atoms with Crippen LogP contribution in [-0.4, -0.2) is 31.1 Å². The Balaban J connectivity index is 3.63. The first-order valence-electron chi connectivity index (χ1n) is 5.95. The maximum atomic E-state index is 11.2. The van der Waals surface area contributed by atoms with Gasteiger partial charge in [-0.1, -0.05) is 13.2 Å². The summed E-state index contributed by atoms with van der Waals surface area (Å²) in [6.45, 7) is 12.8. The number of carbonyl (C=O) groups excluding carboxylic acids is 2. The number of Topliss-reactive ketones (excluding diaryl/α,β-unsaturated/α-hetero) is 2. The molecule has 0 amide bonds. The van der Waals surface area contributed by atoms with Gasteiger partial charge in [0.1, 0.15) is 0 Å². The number of carbonyl (C=O) groups is 2. The van der Waals surface area contributed by atoms with Gasteiger partial charge < -0.3 is 9.47 Å². The minimum absolute atomic E-state index is 0.0142. The van der Waals surface area contributed by atoms with Crippen molar-refractivity contribution in [2.24, 2.45) is 0 Å². The average molecular weight is 254 g/mol. The molecule has 0 bridgehead atoms. The Kier molecular flexibility index (Phi) is 8.16. The maximum Gasteiger partial charge on any atom is 0.160 e. The Morgan fingerprint density at radius 1 is 0.944 bits per heavy atom. The lowest BCUT2D eigenvalue weighted by Crippen LogP contribution is -2.17. The van der Waals surface area contributed by atoms with Crippen LogP contribution in [0.15, 0.2) is 24.3 Å². The Labute approximate surface area is 109 Å². The topological polar surface area (TPSA) is 52.6 Å². The van der Waals surface area contributed by atoms with Crippen LogP contribution in [0.4, 0.5) is 0 Å². The predicted molar refractivity (Wildman–Crippen MR) is 70.2 cm³/mol. The number of rotatable bonds is 10. The molecule has 0 heterocycles. The molecular formula is C14H22O4. The second-order valence-electron chi connectivity index (χ2n) is 4.22. The SMILES string of the molecule is C=C(C)C(=O)CCOC(C)OCCC(=O)C(=C)C. The number of hydrogen-bond donors (Lipinski definition) is 0. The molecule has 0 aromatic carbocycles. The van der Waals surface area contributed by atoms with E-state index in [1.54, 1.807) is 20.8 Å². The van der Waals surface area contributed by atoms with Gasteiger partial charge in [0.25, 0.3) is 0 Å². The minimum Gasteiger partial charge on any atom is -0.353 e. The van der Waals surface area contributed by atoms with Crippen LogP contribution in [0.3, 0.4) is 0 Å². The molecule has 0 aliphatic rings. The zero-order chi connectivity index (χ0) is 14.1. The highest BCUT2D eigenvalue weighted by Gasteiger charge is 2.07. The summed E-state index contributed by atoms with van der Waals surface area (Å²) < 4.78 is 10.6. The van der Waals surface area contributed by atoms with E-state index in [0.717, 1.165) is 0 Å². The van der Waals surface area contributed by atoms with Crippen molar-refractivity contribution >= 4 is 11.6 Å². The zero-order valence-electron chi connectivity index (χ0n) is 11.5. The normalized spacial score (nSPS) is 10.4. The minimum atomic E-state index is -0.430. The van der Waals surface area contributed by atoms with E-state index in [-0.39, 0.29) is 11.6 Å². The Morgan fingerprint density at radius 2 is 1.28 bits per heavy atom. The largest absolute Gasteiger partial charge is 0.353 e. The fraction of sp³-hybridized carbons (Fsp3) is 0.571. The fourth-order valence-corrected chi connectivity index (χ4v) is 1.11. The third kappa shape index (κ3) is 7.92. The molecule has 4 nitrogen and oxygen atoms in total. The van der Waals surface area contributed by atoms with Crippen molar-refractivity contribution in [1.29, 1.82) is 0 Å². The lowest BCUT2D eigenvalue weighted by Gasteiger charge is -2.13. The van der Waals surface area contributed by atoms with Crippen LogP contribution in [0.1, 0.15) is 33.6 Å². The second kappa shape index (κ2) is 8.78. The van der Waals surface area contributed by atoms with Gasteiger partial charge in [-0.25, -0.2) is 0 Å². The molecule has 0 fully saturated rings. The van der Waals surface area contributed by atoms with Gasteiger partial charge in [0.05, 0.1) is 13.2 Å². The van der Waals surface area contributed by atoms with E-state index in [0.29, 0.717) is 37.2 Å². The summed E-state index contributed by atoms with van der Waals surface area (Å²) in [5.41, 5.74) is 1.05. The van der Waals surface area contributed by atoms with Crippen LogP contribution >= 0.6 is 0 Å². The van der Waals surface area contributed by atoms with E-state index in [4.69, 9.17) is 9.47 Å². The van der Waals surface area contributed by atoms with Gasteiger partial charge in [-0.05, 0) is 31.9 Å². The fourth-order valence-electron chi connectivity index (χ4n) is 1.11. The molecule has 0 aromatic rings. The van der Waals surface area contributed by atoms with Gasteiger partial charge in [0.15, 0.2) is 17.9 Å². The van der Waals surface area contributed by atoms with Gasteiger partial charge in [-0.2, -0.15) is 0 Å². The third-order valence-corrected chi connectivity index (χ3v) is 2.32. The van der Waals surface area contributed by atoms with Crippen LogP contribution in [0.5, 0.6) is 0 Å². The van der Waals surface area contributed by atoms with E-state index >= 15 is 0 Å². The molecule has 0 atom stereocenters. The molecule has 0 saturated carbocycles. The highest BCUT2D eigenvalue weighted by molar-refractivity contribution is 5.94. The van der Waals surface area contributed by atoms with Gasteiger partial charge >= 0.3 is 0 Å². The second-order valence-corrected chi connectivity index (χ2v) is 4.22. The number of ether oxygens (including phenoxy) is 2. The molecule has 0 radical (unpaired) electrons. The van der Waals surface area contributed by atoms with Crippen molar-refractivity contribution in [2.75, 3.05) is 13.2 Å². The molecule has 18 heavy (non-hydrogen) atoms. The first kappa shape index (κ1) is 16.7. The average Bonchev–Trinajstić information content (AvgIpc) is 2.28. The summed E-state index contributed by atoms with van der Waals surface area (Å²) in [6, 6.07) is 0. The Bertz CT molecular complexity index is 299. The van der Waals surface area contributed by atoms with Crippen molar-refractivity contribution in [1.82, 2.24) is 0 Å². The van der Waals surface area contributed by atoms with E-state index in [2.05, 4.69) is 13.2 Å². The highest BCUT2D eigenvalue weighted by atomic mass is 16.7. The molecule has 0 spiro atoms. The molecule has 0 aliphatic heterocycles. The summed E-state index contributed by atoms with van der Waals surface area (Å²) in [4.78, 5) is 22.5. The summed E-state index contributed by atoms with van der Waals surface area (Å²) in [5, 5.41) is 0. The Hall–Kier alpha value is -1.26. The smallest absolute Gasteiger partial charge is 0.160 e. The molecule has 102 valence electrons. The highest BCUT2D eigenvalue weighted by Crippen LogP contribution is 2.02. The van der Waals surface area contributed by atoms with E-state index in [1.807, 2.05) is 0 Å². The van der Waals surface area contributed by atoms with Crippen molar-refractivity contribution in [3.05, 3.63) is 24.3 Å². The van der Waals surface area contributed by atoms with Gasteiger partial charge in [-0.15, -0.1) is 0 Å². The summed E-state index contributed by atoms with van der Waals surface area (Å²) in [7, 11) is 0. The van der Waals surface area contributed by atoms with Crippen LogP contribution in [0.25, 0.3) is 0 Å². The predicted octanol–water partition coefficient (Wildman–Crippen LogP) is 2.44. The van der Waals surface area contributed by atoms with Crippen molar-refractivity contribution in [3.8, 4) is 0 Å². The maximum absolute atomic E-state index is 11.2. The first-order chi connectivity index (χ1) is 8.34. The number of hydrogen-bond acceptors (Lipinski definition) is 4. The molecule has 0 saturated heterocycles. The first-order valence-corrected chi connectivity index (χ1v) is 5.95. The monoisotopic (exact) mass is 254 g/mol. The van der Waals surface area contributed by atoms with Crippen molar-refractivity contribution in [2.45, 2.75) is 39.9 Å². The molecule has 0 N–H and O–H groups in total. The van der Waals surface area contributed by atoms with Gasteiger partial charge in [0, 0.05) is 12.8 Å². The quantitative estimate of drug-likeness (QED) is 0.444. The van der Waals surface area contributed by atoms with Gasteiger partial charge in [0.2, 0.25) is 0 Å². The number of ketones is 2. The molecule has 4 heteroatoms. The molecule has 0 aromatic heterocycles. The zero-order valence-corrected chi connectivity index (χ0v) is 11.5. The molecule has 0 unspecified atom stereocenters. The Morgan fingerprint density at radius 3 is 1.56 bits per heavy atom. The van der Waals surface area contributed by atoms with Crippen LogP contribution in [0.2, 0.25) is 0 Å². The summed E-state index contributed by atoms with van der Waals surface area (Å²) in [5.74, 6) is -0.0284. The molecular weight excluding hydrogens is 232 g/mol. The lowest BCUT2D eigenvalue weighted by atomic mass is 10.2. The standard InChI is InChI=1S/C14H22O4/c1-10(2)13(15)6-8-17-12(5)18-9-7-14(16)11(3)4/h12H,1,3,6-9H2,2,4-5H3. The van der Waals surface area contributed by atoms with Crippen molar-refractivity contribution in [3.63, 3.8) is 0 Å². The van der Waals surface area contributed by atoms with E-state index in [9.17, 15) is 9.59 Å². The lowest BCUT2D eigenvalue weighted by molar-refractivity contribution is -0.139. The van der Waals surface area contributed by atoms with Crippen molar-refractivity contribution < 1.29 is 19.1 Å². The van der Waals surface area contributed by atoms with Crippen LogP contribution in [0, 0.1) is 0 Å². The van der Waals surface area contributed by atoms with Crippen LogP contribution in [-0.2, 0) is 19.1 Å².